The summed E-state index contributed by atoms with van der Waals surface area (Å²) in [6, 6.07) is 3.59. The molecule has 2 aliphatic heterocycles. The molecule has 2 fully saturated rings. The predicted molar refractivity (Wildman–Crippen MR) is 110 cm³/mol. The van der Waals surface area contributed by atoms with Crippen LogP contribution < -0.4 is 10.2 Å². The van der Waals surface area contributed by atoms with Gasteiger partial charge in [-0.1, -0.05) is 10.3 Å². The summed E-state index contributed by atoms with van der Waals surface area (Å²) in [5.41, 5.74) is 0.884. The van der Waals surface area contributed by atoms with Crippen molar-refractivity contribution in [1.29, 1.82) is 0 Å². The number of pyridine rings is 1. The highest BCUT2D eigenvalue weighted by atomic mass is 16.6. The van der Waals surface area contributed by atoms with E-state index in [1.54, 1.807) is 24.1 Å². The molecular weight excluding hydrogens is 384 g/mol. The summed E-state index contributed by atoms with van der Waals surface area (Å²) in [6.45, 7) is 6.32. The zero-order chi connectivity index (χ0) is 21.1. The minimum absolute atomic E-state index is 0.130. The summed E-state index contributed by atoms with van der Waals surface area (Å²) in [7, 11) is 0. The van der Waals surface area contributed by atoms with Crippen LogP contribution in [0.5, 0.6) is 0 Å². The molecule has 2 aliphatic rings. The first-order chi connectivity index (χ1) is 14.5. The van der Waals surface area contributed by atoms with Crippen LogP contribution in [0.3, 0.4) is 0 Å². The Morgan fingerprint density at radius 2 is 1.93 bits per heavy atom. The second-order valence-corrected chi connectivity index (χ2v) is 8.26. The Kier molecular flexibility index (Phi) is 5.69. The van der Waals surface area contributed by atoms with Crippen LogP contribution >= 0.6 is 0 Å². The van der Waals surface area contributed by atoms with Gasteiger partial charge in [0.2, 0.25) is 5.91 Å². The maximum absolute atomic E-state index is 13.4. The first-order valence-electron chi connectivity index (χ1n) is 10.6. The topological polar surface area (TPSA) is 104 Å². The Hall–Kier alpha value is -2.97. The van der Waals surface area contributed by atoms with Gasteiger partial charge in [-0.15, -0.1) is 0 Å². The number of likely N-dealkylation sites (tertiary alicyclic amines) is 1. The zero-order valence-corrected chi connectivity index (χ0v) is 17.6. The van der Waals surface area contributed by atoms with Gasteiger partial charge in [0, 0.05) is 31.4 Å². The normalized spacial score (nSPS) is 21.7. The molecule has 2 amide bonds. The van der Waals surface area contributed by atoms with Gasteiger partial charge in [0.15, 0.2) is 0 Å². The number of piperidine rings is 1. The molecule has 0 saturated carbocycles. The highest BCUT2D eigenvalue weighted by Crippen LogP contribution is 2.30. The number of rotatable bonds is 5. The van der Waals surface area contributed by atoms with E-state index >= 15 is 0 Å². The number of carbonyl (C=O) groups excluding carboxylic acids is 2. The monoisotopic (exact) mass is 412 g/mol. The van der Waals surface area contributed by atoms with Gasteiger partial charge in [0.25, 0.3) is 5.91 Å². The van der Waals surface area contributed by atoms with Crippen LogP contribution in [0.15, 0.2) is 23.0 Å². The largest absolute Gasteiger partial charge is 0.357 e. The molecule has 9 nitrogen and oxygen atoms in total. The number of hydrogen-bond donors (Lipinski definition) is 1. The van der Waals surface area contributed by atoms with Crippen LogP contribution in [-0.2, 0) is 11.3 Å². The maximum atomic E-state index is 13.4. The number of amides is 2. The summed E-state index contributed by atoms with van der Waals surface area (Å²) in [4.78, 5) is 34.9. The fraction of sp³-hybridized carbons (Fsp3) is 0.571. The molecule has 0 radical (unpaired) electrons. The van der Waals surface area contributed by atoms with E-state index in [4.69, 9.17) is 4.63 Å². The molecule has 4 heterocycles. The summed E-state index contributed by atoms with van der Waals surface area (Å²) in [5, 5.41) is 10.5. The number of aromatic nitrogens is 3. The molecule has 9 heteroatoms. The van der Waals surface area contributed by atoms with Crippen LogP contribution in [0.1, 0.15) is 60.8 Å². The SMILES string of the molecule is Cc1nonc1CNC(=O)[C@]1(C)CCCCN1C(=O)c1ccnc(N2CCCC2)c1. The van der Waals surface area contributed by atoms with Crippen LogP contribution in [0.4, 0.5) is 5.82 Å². The van der Waals surface area contributed by atoms with Crippen LogP contribution in [0, 0.1) is 6.92 Å². The van der Waals surface area contributed by atoms with Gasteiger partial charge < -0.3 is 15.1 Å². The fourth-order valence-corrected chi connectivity index (χ4v) is 4.27. The van der Waals surface area contributed by atoms with Gasteiger partial charge >= 0.3 is 0 Å². The summed E-state index contributed by atoms with van der Waals surface area (Å²) >= 11 is 0. The van der Waals surface area contributed by atoms with E-state index in [1.165, 1.54) is 0 Å². The highest BCUT2D eigenvalue weighted by molar-refractivity contribution is 5.99. The predicted octanol–water partition coefficient (Wildman–Crippen LogP) is 2.07. The molecule has 2 aromatic heterocycles. The van der Waals surface area contributed by atoms with Crippen molar-refractivity contribution in [1.82, 2.24) is 25.5 Å². The van der Waals surface area contributed by atoms with Crippen molar-refractivity contribution in [3.8, 4) is 0 Å². The van der Waals surface area contributed by atoms with Crippen molar-refractivity contribution < 1.29 is 14.2 Å². The van der Waals surface area contributed by atoms with Crippen LogP contribution in [-0.4, -0.2) is 57.2 Å². The van der Waals surface area contributed by atoms with Crippen LogP contribution in [0.25, 0.3) is 0 Å². The fourth-order valence-electron chi connectivity index (χ4n) is 4.27. The minimum atomic E-state index is -0.919. The molecule has 4 rings (SSSR count). The standard InChI is InChI=1S/C21H28N6O3/c1-15-17(25-30-24-15)14-23-20(29)21(2)8-3-4-12-27(21)19(28)16-7-9-22-18(13-16)26-10-5-6-11-26/h7,9,13H,3-6,8,10-12,14H2,1-2H3,(H,23,29)/t21-/m0/s1. The smallest absolute Gasteiger partial charge is 0.254 e. The molecule has 0 spiro atoms. The van der Waals surface area contributed by atoms with Gasteiger partial charge in [0.05, 0.1) is 6.54 Å². The molecular formula is C21H28N6O3. The van der Waals surface area contributed by atoms with Crippen LogP contribution in [0.2, 0.25) is 0 Å². The lowest BCUT2D eigenvalue weighted by Crippen LogP contribution is -2.60. The number of hydrogen-bond acceptors (Lipinski definition) is 7. The molecule has 2 saturated heterocycles. The van der Waals surface area contributed by atoms with E-state index < -0.39 is 5.54 Å². The lowest BCUT2D eigenvalue weighted by Gasteiger charge is -2.43. The molecule has 0 aliphatic carbocycles. The number of carbonyl (C=O) groups is 2. The average molecular weight is 412 g/mol. The van der Waals surface area contributed by atoms with Gasteiger partial charge in [-0.05, 0) is 58.1 Å². The Morgan fingerprint density at radius 1 is 1.17 bits per heavy atom. The number of aryl methyl sites for hydroxylation is 1. The Balaban J connectivity index is 1.52. The molecule has 0 bridgehead atoms. The first kappa shape index (κ1) is 20.3. The van der Waals surface area contributed by atoms with E-state index in [0.29, 0.717) is 29.9 Å². The molecule has 0 aromatic carbocycles. The molecule has 1 atom stereocenters. The van der Waals surface area contributed by atoms with Crippen molar-refractivity contribution >= 4 is 17.6 Å². The van der Waals surface area contributed by atoms with Gasteiger partial charge in [-0.25, -0.2) is 9.61 Å². The lowest BCUT2D eigenvalue weighted by atomic mass is 9.86. The number of nitrogens with one attached hydrogen (secondary N) is 1. The van der Waals surface area contributed by atoms with Crippen molar-refractivity contribution in [2.45, 2.75) is 58.0 Å². The Morgan fingerprint density at radius 3 is 2.67 bits per heavy atom. The summed E-state index contributed by atoms with van der Waals surface area (Å²) in [6.07, 6.45) is 6.36. The quantitative estimate of drug-likeness (QED) is 0.802. The Labute approximate surface area is 175 Å². The summed E-state index contributed by atoms with van der Waals surface area (Å²) < 4.78 is 4.69. The molecule has 30 heavy (non-hydrogen) atoms. The molecule has 2 aromatic rings. The molecule has 160 valence electrons. The van der Waals surface area contributed by atoms with E-state index in [1.807, 2.05) is 13.0 Å². The average Bonchev–Trinajstić information content (AvgIpc) is 3.44. The number of nitrogens with zero attached hydrogens (tertiary/aromatic N) is 5. The minimum Gasteiger partial charge on any atom is -0.357 e. The van der Waals surface area contributed by atoms with E-state index in [0.717, 1.165) is 44.6 Å². The summed E-state index contributed by atoms with van der Waals surface area (Å²) in [5.74, 6) is 0.511. The lowest BCUT2D eigenvalue weighted by molar-refractivity contribution is -0.133. The first-order valence-corrected chi connectivity index (χ1v) is 10.6. The van der Waals surface area contributed by atoms with E-state index in [2.05, 4.69) is 25.5 Å². The van der Waals surface area contributed by atoms with Crippen molar-refractivity contribution in [3.05, 3.63) is 35.3 Å². The second kappa shape index (κ2) is 8.41. The van der Waals surface area contributed by atoms with E-state index in [-0.39, 0.29) is 18.4 Å². The van der Waals surface area contributed by atoms with Gasteiger partial charge in [-0.2, -0.15) is 0 Å². The van der Waals surface area contributed by atoms with Gasteiger partial charge in [0.1, 0.15) is 22.7 Å². The maximum Gasteiger partial charge on any atom is 0.254 e. The third-order valence-corrected chi connectivity index (χ3v) is 6.21. The Bertz CT molecular complexity index is 923. The third kappa shape index (κ3) is 3.88. The molecule has 0 unspecified atom stereocenters. The van der Waals surface area contributed by atoms with E-state index in [9.17, 15) is 9.59 Å². The van der Waals surface area contributed by atoms with Gasteiger partial charge in [-0.3, -0.25) is 9.59 Å². The van der Waals surface area contributed by atoms with Crippen molar-refractivity contribution in [3.63, 3.8) is 0 Å². The number of anilines is 1. The second-order valence-electron chi connectivity index (χ2n) is 8.26. The zero-order valence-electron chi connectivity index (χ0n) is 17.6. The van der Waals surface area contributed by atoms with Crippen molar-refractivity contribution in [2.75, 3.05) is 24.5 Å². The van der Waals surface area contributed by atoms with Crippen molar-refractivity contribution in [2.24, 2.45) is 0 Å². The highest BCUT2D eigenvalue weighted by Gasteiger charge is 2.44. The molecule has 1 N–H and O–H groups in total. The third-order valence-electron chi connectivity index (χ3n) is 6.21.